The molecule has 184 valence electrons. The van der Waals surface area contributed by atoms with Gasteiger partial charge in [-0.15, -0.1) is 0 Å². The molecule has 0 bridgehead atoms. The lowest BCUT2D eigenvalue weighted by Crippen LogP contribution is -2.36. The van der Waals surface area contributed by atoms with Crippen LogP contribution < -0.4 is 20.3 Å². The normalized spacial score (nSPS) is 16.2. The average molecular weight is 476 g/mol. The number of methoxy groups -OCH3 is 1. The zero-order chi connectivity index (χ0) is 24.0. The quantitative estimate of drug-likeness (QED) is 0.491. The molecule has 1 saturated heterocycles. The summed E-state index contributed by atoms with van der Waals surface area (Å²) >= 11 is 0. The number of carbonyl (C=O) groups excluding carboxylic acids is 1. The van der Waals surface area contributed by atoms with Gasteiger partial charge in [-0.1, -0.05) is 12.5 Å². The standard InChI is InChI=1S/C27H33N5O3/c1-34-27-25-6-5-20(15-28-14-19-3-2-4-19)11-21(25)12-23(31-27)17-30-26(33)22-13-24(18-29-16-22)32-7-9-35-10-8-32/h5-6,11-13,16,18-19,28H,2-4,7-10,14-15,17H2,1H3,(H,30,33). The van der Waals surface area contributed by atoms with E-state index in [4.69, 9.17) is 9.47 Å². The monoisotopic (exact) mass is 475 g/mol. The highest BCUT2D eigenvalue weighted by atomic mass is 16.5. The van der Waals surface area contributed by atoms with Gasteiger partial charge in [0.2, 0.25) is 5.88 Å². The molecule has 0 radical (unpaired) electrons. The number of anilines is 1. The topological polar surface area (TPSA) is 88.6 Å². The number of morpholine rings is 1. The number of nitrogens with one attached hydrogen (secondary N) is 2. The smallest absolute Gasteiger partial charge is 0.253 e. The molecule has 8 nitrogen and oxygen atoms in total. The van der Waals surface area contributed by atoms with Crippen LogP contribution in [-0.4, -0.2) is 55.8 Å². The van der Waals surface area contributed by atoms with Gasteiger partial charge in [-0.2, -0.15) is 0 Å². The number of carbonyl (C=O) groups is 1. The van der Waals surface area contributed by atoms with E-state index in [9.17, 15) is 4.79 Å². The van der Waals surface area contributed by atoms with Crippen LogP contribution in [0.3, 0.4) is 0 Å². The maximum Gasteiger partial charge on any atom is 0.253 e. The van der Waals surface area contributed by atoms with E-state index >= 15 is 0 Å². The molecule has 1 aromatic carbocycles. The first-order valence-corrected chi connectivity index (χ1v) is 12.4. The van der Waals surface area contributed by atoms with Gasteiger partial charge in [0.15, 0.2) is 0 Å². The Kier molecular flexibility index (Phi) is 7.39. The number of pyridine rings is 2. The first-order chi connectivity index (χ1) is 17.2. The summed E-state index contributed by atoms with van der Waals surface area (Å²) in [6.45, 7) is 5.19. The van der Waals surface area contributed by atoms with Gasteiger partial charge in [0.05, 0.1) is 50.0 Å². The maximum atomic E-state index is 12.9. The summed E-state index contributed by atoms with van der Waals surface area (Å²) in [6, 6.07) is 10.3. The van der Waals surface area contributed by atoms with Crippen molar-refractivity contribution in [3.8, 4) is 5.88 Å². The summed E-state index contributed by atoms with van der Waals surface area (Å²) in [5.41, 5.74) is 3.44. The molecule has 5 rings (SSSR count). The van der Waals surface area contributed by atoms with Gasteiger partial charge in [-0.3, -0.25) is 9.78 Å². The van der Waals surface area contributed by atoms with Gasteiger partial charge >= 0.3 is 0 Å². The number of amides is 1. The highest BCUT2D eigenvalue weighted by Gasteiger charge is 2.17. The van der Waals surface area contributed by atoms with Crippen LogP contribution in [0.5, 0.6) is 5.88 Å². The fourth-order valence-corrected chi connectivity index (χ4v) is 4.62. The molecule has 1 aliphatic carbocycles. The van der Waals surface area contributed by atoms with Gasteiger partial charge < -0.3 is 25.0 Å². The van der Waals surface area contributed by atoms with E-state index < -0.39 is 0 Å². The molecule has 8 heteroatoms. The molecule has 0 unspecified atom stereocenters. The van der Waals surface area contributed by atoms with Crippen molar-refractivity contribution in [1.82, 2.24) is 20.6 Å². The van der Waals surface area contributed by atoms with Crippen LogP contribution in [-0.2, 0) is 17.8 Å². The van der Waals surface area contributed by atoms with Gasteiger partial charge in [-0.25, -0.2) is 4.98 Å². The third kappa shape index (κ3) is 5.71. The van der Waals surface area contributed by atoms with Gasteiger partial charge in [0.1, 0.15) is 0 Å². The van der Waals surface area contributed by atoms with Gasteiger partial charge in [0, 0.05) is 31.2 Å². The van der Waals surface area contributed by atoms with Crippen LogP contribution in [0.2, 0.25) is 0 Å². The Morgan fingerprint density at radius 1 is 1.14 bits per heavy atom. The van der Waals surface area contributed by atoms with Crippen molar-refractivity contribution < 1.29 is 14.3 Å². The number of fused-ring (bicyclic) bond motifs is 1. The van der Waals surface area contributed by atoms with Crippen molar-refractivity contribution in [2.45, 2.75) is 32.4 Å². The van der Waals surface area contributed by atoms with Crippen molar-refractivity contribution >= 4 is 22.4 Å². The molecule has 1 saturated carbocycles. The SMILES string of the molecule is COc1nc(CNC(=O)c2cncc(N3CCOCC3)c2)cc2cc(CNCC3CCC3)ccc12. The molecule has 1 amide bonds. The molecule has 2 aromatic heterocycles. The second kappa shape index (κ2) is 11.0. The molecule has 1 aliphatic heterocycles. The Morgan fingerprint density at radius 2 is 2.00 bits per heavy atom. The molecule has 0 atom stereocenters. The predicted molar refractivity (Wildman–Crippen MR) is 136 cm³/mol. The first kappa shape index (κ1) is 23.5. The summed E-state index contributed by atoms with van der Waals surface area (Å²) in [6.07, 6.45) is 7.43. The number of aromatic nitrogens is 2. The highest BCUT2D eigenvalue weighted by molar-refractivity contribution is 5.95. The van der Waals surface area contributed by atoms with Crippen LogP contribution in [0.4, 0.5) is 5.69 Å². The largest absolute Gasteiger partial charge is 0.481 e. The Labute approximate surface area is 206 Å². The minimum atomic E-state index is -0.178. The molecule has 3 aromatic rings. The second-order valence-electron chi connectivity index (χ2n) is 9.32. The number of ether oxygens (including phenoxy) is 2. The van der Waals surface area contributed by atoms with E-state index in [1.54, 1.807) is 19.5 Å². The molecule has 2 N–H and O–H groups in total. The molecule has 3 heterocycles. The van der Waals surface area contributed by atoms with Crippen molar-refractivity contribution in [3.05, 3.63) is 59.5 Å². The molecular weight excluding hydrogens is 442 g/mol. The minimum absolute atomic E-state index is 0.178. The average Bonchev–Trinajstić information content (AvgIpc) is 2.88. The van der Waals surface area contributed by atoms with Crippen molar-refractivity contribution in [2.24, 2.45) is 5.92 Å². The lowest BCUT2D eigenvalue weighted by molar-refractivity contribution is 0.0950. The molecular formula is C27H33N5O3. The first-order valence-electron chi connectivity index (χ1n) is 12.4. The molecule has 0 spiro atoms. The molecule has 35 heavy (non-hydrogen) atoms. The predicted octanol–water partition coefficient (Wildman–Crippen LogP) is 3.29. The Bertz CT molecular complexity index is 1170. The maximum absolute atomic E-state index is 12.9. The minimum Gasteiger partial charge on any atom is -0.481 e. The Hall–Kier alpha value is -3.23. The fourth-order valence-electron chi connectivity index (χ4n) is 4.62. The fraction of sp³-hybridized carbons (Fsp3) is 0.444. The molecule has 2 fully saturated rings. The Balaban J connectivity index is 1.26. The van der Waals surface area contributed by atoms with E-state index in [0.717, 1.165) is 54.3 Å². The van der Waals surface area contributed by atoms with E-state index in [2.05, 4.69) is 43.7 Å². The van der Waals surface area contributed by atoms with Crippen molar-refractivity contribution in [2.75, 3.05) is 44.9 Å². The van der Waals surface area contributed by atoms with Crippen LogP contribution in [0.15, 0.2) is 42.7 Å². The third-order valence-corrected chi connectivity index (χ3v) is 6.89. The number of hydrogen-bond donors (Lipinski definition) is 2. The van der Waals surface area contributed by atoms with Crippen molar-refractivity contribution in [1.29, 1.82) is 0 Å². The van der Waals surface area contributed by atoms with Crippen molar-refractivity contribution in [3.63, 3.8) is 0 Å². The van der Waals surface area contributed by atoms with E-state index in [1.165, 1.54) is 24.8 Å². The summed E-state index contributed by atoms with van der Waals surface area (Å²) in [5, 5.41) is 8.58. The van der Waals surface area contributed by atoms with Crippen LogP contribution in [0, 0.1) is 5.92 Å². The lowest BCUT2D eigenvalue weighted by atomic mass is 9.85. The van der Waals surface area contributed by atoms with Gasteiger partial charge in [-0.05, 0) is 60.5 Å². The number of benzene rings is 1. The second-order valence-corrected chi connectivity index (χ2v) is 9.32. The van der Waals surface area contributed by atoms with Crippen LogP contribution in [0.25, 0.3) is 10.8 Å². The highest BCUT2D eigenvalue weighted by Crippen LogP contribution is 2.27. The number of rotatable bonds is 9. The van der Waals surface area contributed by atoms with Gasteiger partial charge in [0.25, 0.3) is 5.91 Å². The summed E-state index contributed by atoms with van der Waals surface area (Å²) < 4.78 is 11.0. The van der Waals surface area contributed by atoms with E-state index in [1.807, 2.05) is 12.1 Å². The van der Waals surface area contributed by atoms with E-state index in [-0.39, 0.29) is 5.91 Å². The lowest BCUT2D eigenvalue weighted by Gasteiger charge is -2.28. The van der Waals surface area contributed by atoms with Crippen LogP contribution >= 0.6 is 0 Å². The number of hydrogen-bond acceptors (Lipinski definition) is 7. The number of nitrogens with zero attached hydrogens (tertiary/aromatic N) is 3. The molecule has 2 aliphatic rings. The summed E-state index contributed by atoms with van der Waals surface area (Å²) in [4.78, 5) is 23.9. The van der Waals surface area contributed by atoms with Crippen LogP contribution in [0.1, 0.15) is 40.9 Å². The zero-order valence-electron chi connectivity index (χ0n) is 20.3. The Morgan fingerprint density at radius 3 is 2.77 bits per heavy atom. The van der Waals surface area contributed by atoms with E-state index in [0.29, 0.717) is 31.2 Å². The third-order valence-electron chi connectivity index (χ3n) is 6.89. The summed E-state index contributed by atoms with van der Waals surface area (Å²) in [5.74, 6) is 1.22. The zero-order valence-corrected chi connectivity index (χ0v) is 20.3. The summed E-state index contributed by atoms with van der Waals surface area (Å²) in [7, 11) is 1.63.